The van der Waals surface area contributed by atoms with Crippen molar-refractivity contribution < 1.29 is 4.74 Å². The average Bonchev–Trinajstić information content (AvgIpc) is 3.51. The Morgan fingerprint density at radius 3 is 1.83 bits per heavy atom. The second kappa shape index (κ2) is 11.3. The molecule has 2 aliphatic rings. The highest BCUT2D eigenvalue weighted by Crippen LogP contribution is 2.41. The van der Waals surface area contributed by atoms with Crippen LogP contribution in [0.5, 0.6) is 0 Å². The van der Waals surface area contributed by atoms with Crippen molar-refractivity contribution in [2.75, 3.05) is 11.5 Å². The van der Waals surface area contributed by atoms with Crippen molar-refractivity contribution in [1.82, 2.24) is 9.97 Å². The molecule has 0 saturated carbocycles. The maximum absolute atomic E-state index is 5.98. The molecule has 6 heteroatoms. The summed E-state index contributed by atoms with van der Waals surface area (Å²) in [7, 11) is 0. The average molecular weight is 620 g/mol. The van der Waals surface area contributed by atoms with Crippen molar-refractivity contribution in [3.8, 4) is 45.0 Å². The number of benzene rings is 4. The maximum atomic E-state index is 5.98. The van der Waals surface area contributed by atoms with Gasteiger partial charge in [-0.15, -0.1) is 0 Å². The fourth-order valence-corrected chi connectivity index (χ4v) is 6.44. The van der Waals surface area contributed by atoms with Crippen molar-refractivity contribution in [3.05, 3.63) is 115 Å². The fourth-order valence-electron chi connectivity index (χ4n) is 6.44. The van der Waals surface area contributed by atoms with E-state index in [9.17, 15) is 0 Å². The van der Waals surface area contributed by atoms with E-state index in [0.29, 0.717) is 18.3 Å². The van der Waals surface area contributed by atoms with Crippen LogP contribution in [-0.2, 0) is 4.74 Å². The summed E-state index contributed by atoms with van der Waals surface area (Å²) < 4.78 is 5.98. The standard InChI is InChI=1S/C41H41N5O/c1-27-44-40(4,5)41(6,7)46(27)34-18-12-16-32(24-34)37-42-35(30-21-19-29(20-22-30)28-13-9-8-10-14-28)25-36(43-37)31-15-11-17-33(23-31)38-45-39(2,3)26-47-38/h8-25H,26H2,1-7H3. The molecule has 3 heterocycles. The van der Waals surface area contributed by atoms with Crippen LogP contribution in [0.15, 0.2) is 119 Å². The molecular weight excluding hydrogens is 578 g/mol. The minimum atomic E-state index is -0.236. The van der Waals surface area contributed by atoms with E-state index < -0.39 is 0 Å². The van der Waals surface area contributed by atoms with Crippen LogP contribution in [0.4, 0.5) is 5.69 Å². The molecule has 0 N–H and O–H groups in total. The highest BCUT2D eigenvalue weighted by molar-refractivity contribution is 6.00. The normalized spacial score (nSPS) is 17.6. The molecule has 0 spiro atoms. The molecule has 1 aromatic heterocycles. The second-order valence-corrected chi connectivity index (χ2v) is 14.2. The Hall–Kier alpha value is -5.10. The van der Waals surface area contributed by atoms with Gasteiger partial charge in [-0.2, -0.15) is 0 Å². The van der Waals surface area contributed by atoms with Crippen molar-refractivity contribution in [2.24, 2.45) is 9.98 Å². The molecule has 6 nitrogen and oxygen atoms in total. The lowest BCUT2D eigenvalue weighted by atomic mass is 9.83. The van der Waals surface area contributed by atoms with Crippen molar-refractivity contribution in [3.63, 3.8) is 0 Å². The highest BCUT2D eigenvalue weighted by atomic mass is 16.5. The molecule has 0 aliphatic carbocycles. The number of anilines is 1. The van der Waals surface area contributed by atoms with E-state index in [1.807, 2.05) is 18.2 Å². The monoisotopic (exact) mass is 619 g/mol. The lowest BCUT2D eigenvalue weighted by Gasteiger charge is -2.41. The summed E-state index contributed by atoms with van der Waals surface area (Å²) in [5.74, 6) is 2.34. The van der Waals surface area contributed by atoms with Gasteiger partial charge in [0.1, 0.15) is 12.4 Å². The van der Waals surface area contributed by atoms with E-state index in [1.165, 1.54) is 5.56 Å². The van der Waals surface area contributed by atoms with Gasteiger partial charge in [-0.1, -0.05) is 78.9 Å². The zero-order chi connectivity index (χ0) is 33.0. The molecule has 0 atom stereocenters. The lowest BCUT2D eigenvalue weighted by Crippen LogP contribution is -2.53. The second-order valence-electron chi connectivity index (χ2n) is 14.2. The first kappa shape index (κ1) is 30.5. The van der Waals surface area contributed by atoms with E-state index >= 15 is 0 Å². The van der Waals surface area contributed by atoms with Gasteiger partial charge in [0, 0.05) is 27.9 Å². The number of aromatic nitrogens is 2. The molecule has 47 heavy (non-hydrogen) atoms. The predicted octanol–water partition coefficient (Wildman–Crippen LogP) is 9.50. The summed E-state index contributed by atoms with van der Waals surface area (Å²) in [6.45, 7) is 15.7. The van der Waals surface area contributed by atoms with Gasteiger partial charge in [0.25, 0.3) is 0 Å². The lowest BCUT2D eigenvalue weighted by molar-refractivity contribution is 0.279. The van der Waals surface area contributed by atoms with E-state index in [0.717, 1.165) is 50.7 Å². The van der Waals surface area contributed by atoms with Gasteiger partial charge in [0.15, 0.2) is 5.82 Å². The van der Waals surface area contributed by atoms with Crippen LogP contribution in [0.3, 0.4) is 0 Å². The SMILES string of the molecule is CC1=NC(C)(C)C(C)(C)N1c1cccc(-c2nc(-c3ccc(-c4ccccc4)cc3)cc(-c3cccc(C4=NC(C)(C)CO4)c3)n2)c1. The molecule has 4 aromatic carbocycles. The highest BCUT2D eigenvalue weighted by Gasteiger charge is 2.48. The number of nitrogens with zero attached hydrogens (tertiary/aromatic N) is 5. The Morgan fingerprint density at radius 1 is 0.574 bits per heavy atom. The topological polar surface area (TPSA) is 63.0 Å². The van der Waals surface area contributed by atoms with Crippen LogP contribution in [0.2, 0.25) is 0 Å². The Balaban J connectivity index is 1.34. The molecule has 2 aliphatic heterocycles. The van der Waals surface area contributed by atoms with Gasteiger partial charge >= 0.3 is 0 Å². The summed E-state index contributed by atoms with van der Waals surface area (Å²) in [6.07, 6.45) is 0. The van der Waals surface area contributed by atoms with Crippen LogP contribution < -0.4 is 4.90 Å². The van der Waals surface area contributed by atoms with E-state index in [-0.39, 0.29) is 16.6 Å². The van der Waals surface area contributed by atoms with Crippen LogP contribution in [-0.4, -0.2) is 44.9 Å². The molecule has 236 valence electrons. The van der Waals surface area contributed by atoms with Crippen LogP contribution >= 0.6 is 0 Å². The molecule has 0 bridgehead atoms. The third-order valence-electron chi connectivity index (χ3n) is 9.57. The Labute approximate surface area is 277 Å². The fraction of sp³-hybridized carbons (Fsp3) is 0.268. The zero-order valence-corrected chi connectivity index (χ0v) is 28.2. The first-order valence-corrected chi connectivity index (χ1v) is 16.3. The van der Waals surface area contributed by atoms with Crippen molar-refractivity contribution in [2.45, 2.75) is 65.1 Å². The Kier molecular flexibility index (Phi) is 7.35. The smallest absolute Gasteiger partial charge is 0.216 e. The summed E-state index contributed by atoms with van der Waals surface area (Å²) in [5.41, 5.74) is 8.34. The summed E-state index contributed by atoms with van der Waals surface area (Å²) in [6, 6.07) is 37.9. The van der Waals surface area contributed by atoms with Crippen LogP contribution in [0.1, 0.15) is 54.0 Å². The predicted molar refractivity (Wildman–Crippen MR) is 194 cm³/mol. The zero-order valence-electron chi connectivity index (χ0n) is 28.2. The van der Waals surface area contributed by atoms with Gasteiger partial charge in [-0.3, -0.25) is 4.99 Å². The molecule has 7 rings (SSSR count). The van der Waals surface area contributed by atoms with E-state index in [2.05, 4.69) is 144 Å². The molecule has 0 unspecified atom stereocenters. The number of hydrogen-bond donors (Lipinski definition) is 0. The number of hydrogen-bond acceptors (Lipinski definition) is 6. The third kappa shape index (κ3) is 5.73. The van der Waals surface area contributed by atoms with Gasteiger partial charge in [0.05, 0.1) is 28.0 Å². The molecule has 0 saturated heterocycles. The number of rotatable bonds is 6. The number of aliphatic imine (C=N–C) groups is 2. The molecule has 5 aromatic rings. The number of amidine groups is 1. The first-order valence-electron chi connectivity index (χ1n) is 16.3. The molecular formula is C41H41N5O. The molecule has 0 radical (unpaired) electrons. The summed E-state index contributed by atoms with van der Waals surface area (Å²) in [5, 5.41) is 0. The van der Waals surface area contributed by atoms with E-state index in [4.69, 9.17) is 24.7 Å². The third-order valence-corrected chi connectivity index (χ3v) is 9.57. The largest absolute Gasteiger partial charge is 0.475 e. The van der Waals surface area contributed by atoms with Crippen molar-refractivity contribution in [1.29, 1.82) is 0 Å². The van der Waals surface area contributed by atoms with Crippen molar-refractivity contribution >= 4 is 17.4 Å². The molecule has 0 fully saturated rings. The summed E-state index contributed by atoms with van der Waals surface area (Å²) >= 11 is 0. The minimum Gasteiger partial charge on any atom is -0.475 e. The Morgan fingerprint density at radius 2 is 1.17 bits per heavy atom. The minimum absolute atomic E-state index is 0.204. The van der Waals surface area contributed by atoms with E-state index in [1.54, 1.807) is 0 Å². The van der Waals surface area contributed by atoms with Gasteiger partial charge in [0.2, 0.25) is 5.90 Å². The first-order chi connectivity index (χ1) is 22.4. The summed E-state index contributed by atoms with van der Waals surface area (Å²) in [4.78, 5) is 22.5. The maximum Gasteiger partial charge on any atom is 0.216 e. The van der Waals surface area contributed by atoms with Crippen LogP contribution in [0, 0.1) is 0 Å². The van der Waals surface area contributed by atoms with Crippen LogP contribution in [0.25, 0.3) is 45.0 Å². The van der Waals surface area contributed by atoms with Gasteiger partial charge < -0.3 is 9.64 Å². The van der Waals surface area contributed by atoms with Gasteiger partial charge in [-0.25, -0.2) is 15.0 Å². The Bertz CT molecular complexity index is 2020. The quantitative estimate of drug-likeness (QED) is 0.190. The van der Waals surface area contributed by atoms with Gasteiger partial charge in [-0.05, 0) is 89.9 Å². The molecule has 0 amide bonds. The number of ether oxygens (including phenoxy) is 1.